The highest BCUT2D eigenvalue weighted by atomic mass is 16.3. The number of hydrogen-bond acceptors (Lipinski definition) is 6. The second-order valence-corrected chi connectivity index (χ2v) is 7.73. The molecule has 0 spiro atoms. The molecule has 0 aromatic carbocycles. The third-order valence-corrected chi connectivity index (χ3v) is 5.51. The molecule has 6 heteroatoms. The van der Waals surface area contributed by atoms with Gasteiger partial charge in [-0.1, -0.05) is 19.3 Å². The normalized spacial score (nSPS) is 26.7. The molecule has 6 nitrogen and oxygen atoms in total. The van der Waals surface area contributed by atoms with Crippen molar-refractivity contribution in [3.63, 3.8) is 0 Å². The summed E-state index contributed by atoms with van der Waals surface area (Å²) in [4.78, 5) is 15.0. The molecule has 2 rings (SSSR count). The Morgan fingerprint density at radius 3 is 2.59 bits per heavy atom. The molecule has 0 amide bonds. The highest BCUT2D eigenvalue weighted by Crippen LogP contribution is 2.39. The highest BCUT2D eigenvalue weighted by molar-refractivity contribution is 5.75. The van der Waals surface area contributed by atoms with Crippen LogP contribution in [-0.4, -0.2) is 45.6 Å². The second kappa shape index (κ2) is 11.4. The van der Waals surface area contributed by atoms with Crippen molar-refractivity contribution in [1.82, 2.24) is 0 Å². The van der Waals surface area contributed by atoms with Gasteiger partial charge in [-0.3, -0.25) is 0 Å². The van der Waals surface area contributed by atoms with Crippen LogP contribution in [0.5, 0.6) is 0 Å². The van der Waals surface area contributed by atoms with Crippen molar-refractivity contribution in [2.24, 2.45) is 16.8 Å². The van der Waals surface area contributed by atoms with Crippen LogP contribution in [0.15, 0.2) is 27.8 Å². The molecule has 3 N–H and O–H groups in total. The summed E-state index contributed by atoms with van der Waals surface area (Å²) < 4.78 is 5.09. The minimum Gasteiger partial charge on any atom is -0.447 e. The van der Waals surface area contributed by atoms with Crippen molar-refractivity contribution >= 4 is 17.9 Å². The zero-order chi connectivity index (χ0) is 19.6. The summed E-state index contributed by atoms with van der Waals surface area (Å²) in [5.41, 5.74) is 0. The number of ketones is 1. The Kier molecular flexibility index (Phi) is 9.18. The Bertz CT molecular complexity index is 571. The van der Waals surface area contributed by atoms with Gasteiger partial charge >= 0.3 is 0 Å². The van der Waals surface area contributed by atoms with Gasteiger partial charge in [-0.15, -0.1) is 0 Å². The van der Waals surface area contributed by atoms with E-state index < -0.39 is 18.3 Å². The second-order valence-electron chi connectivity index (χ2n) is 7.73. The Morgan fingerprint density at radius 2 is 1.93 bits per heavy atom. The van der Waals surface area contributed by atoms with Gasteiger partial charge in [-0.25, -0.2) is 4.99 Å². The van der Waals surface area contributed by atoms with Crippen molar-refractivity contribution in [1.29, 1.82) is 0 Å². The van der Waals surface area contributed by atoms with Gasteiger partial charge in [0.1, 0.15) is 5.78 Å². The van der Waals surface area contributed by atoms with Gasteiger partial charge in [0.25, 0.3) is 0 Å². The molecule has 1 aromatic heterocycles. The van der Waals surface area contributed by atoms with Gasteiger partial charge in [-0.2, -0.15) is 0 Å². The van der Waals surface area contributed by atoms with Crippen molar-refractivity contribution in [3.8, 4) is 0 Å². The average Bonchev–Trinajstić information content (AvgIpc) is 3.22. The lowest BCUT2D eigenvalue weighted by atomic mass is 9.85. The molecule has 0 aliphatic heterocycles. The van der Waals surface area contributed by atoms with Crippen LogP contribution in [0.4, 0.5) is 5.88 Å². The summed E-state index contributed by atoms with van der Waals surface area (Å²) >= 11 is 0. The Hall–Kier alpha value is -1.50. The molecule has 152 valence electrons. The minimum atomic E-state index is -0.702. The first-order valence-corrected chi connectivity index (χ1v) is 10.1. The zero-order valence-electron chi connectivity index (χ0n) is 16.2. The molecule has 1 aliphatic carbocycles. The summed E-state index contributed by atoms with van der Waals surface area (Å²) in [5.74, 6) is 0.762. The van der Waals surface area contributed by atoms with Gasteiger partial charge in [0.05, 0.1) is 24.6 Å². The largest absolute Gasteiger partial charge is 0.447 e. The van der Waals surface area contributed by atoms with Gasteiger partial charge < -0.3 is 24.5 Å². The van der Waals surface area contributed by atoms with E-state index in [1.165, 1.54) is 12.5 Å². The number of aliphatic hydroxyl groups excluding tert-OH is 3. The molecule has 1 aromatic rings. The maximum Gasteiger partial charge on any atom is 0.218 e. The fourth-order valence-electron chi connectivity index (χ4n) is 4.03. The maximum atomic E-state index is 11.0. The lowest BCUT2D eigenvalue weighted by Gasteiger charge is -2.24. The summed E-state index contributed by atoms with van der Waals surface area (Å²) in [6.07, 6.45) is 8.35. The van der Waals surface area contributed by atoms with Crippen LogP contribution in [0.2, 0.25) is 0 Å². The topological polar surface area (TPSA) is 103 Å². The first-order valence-electron chi connectivity index (χ1n) is 10.1. The highest BCUT2D eigenvalue weighted by Gasteiger charge is 2.40. The summed E-state index contributed by atoms with van der Waals surface area (Å²) in [7, 11) is 0. The van der Waals surface area contributed by atoms with Gasteiger partial charge in [0.2, 0.25) is 5.88 Å². The van der Waals surface area contributed by atoms with E-state index in [1.807, 2.05) is 0 Å². The predicted octanol–water partition coefficient (Wildman–Crippen LogP) is 3.41. The first kappa shape index (κ1) is 21.8. The number of Topliss-reactive ketones (excluding diaryl/α,β-unsaturated/α-hetero) is 1. The molecule has 1 heterocycles. The van der Waals surface area contributed by atoms with Gasteiger partial charge in [-0.05, 0) is 56.9 Å². The maximum absolute atomic E-state index is 11.0. The number of carbonyl (C=O) groups is 1. The van der Waals surface area contributed by atoms with E-state index in [-0.39, 0.29) is 17.6 Å². The molecule has 0 saturated heterocycles. The molecule has 27 heavy (non-hydrogen) atoms. The van der Waals surface area contributed by atoms with E-state index in [1.54, 1.807) is 19.1 Å². The van der Waals surface area contributed by atoms with Crippen molar-refractivity contribution in [2.75, 3.05) is 0 Å². The molecule has 1 aliphatic rings. The number of unbranched alkanes of at least 4 members (excludes halogenated alkanes) is 3. The molecular formula is C21H33NO5. The molecule has 0 radical (unpaired) electrons. The van der Waals surface area contributed by atoms with E-state index in [0.717, 1.165) is 32.1 Å². The van der Waals surface area contributed by atoms with E-state index >= 15 is 0 Å². The van der Waals surface area contributed by atoms with Crippen LogP contribution < -0.4 is 0 Å². The number of carbonyl (C=O) groups excluding carboxylic acids is 1. The van der Waals surface area contributed by atoms with E-state index in [0.29, 0.717) is 31.6 Å². The monoisotopic (exact) mass is 379 g/mol. The molecule has 5 atom stereocenters. The fourth-order valence-corrected chi connectivity index (χ4v) is 4.03. The molecule has 1 unspecified atom stereocenters. The SMILES string of the molecule is CC(=O)CCCCCC[C@@H]1[C@@H](CCC(O)C=Nc2ccco2)[C@H](O)C[C@@H]1O. The van der Waals surface area contributed by atoms with Crippen molar-refractivity contribution in [3.05, 3.63) is 18.4 Å². The number of furan rings is 1. The standard InChI is InChI=1S/C21H33NO5/c1-15(23)7-4-2-3-5-8-17-18(20(26)13-19(17)25)11-10-16(24)14-22-21-9-6-12-27-21/h6,9,12,14,16-20,24-26H,2-5,7-8,10-11,13H2,1H3/t16?,17-,18-,19+,20-/m1/s1. The third-order valence-electron chi connectivity index (χ3n) is 5.51. The summed E-state index contributed by atoms with van der Waals surface area (Å²) in [6.45, 7) is 1.62. The lowest BCUT2D eigenvalue weighted by Crippen LogP contribution is -2.24. The Labute approximate surface area is 161 Å². The smallest absolute Gasteiger partial charge is 0.218 e. The van der Waals surface area contributed by atoms with Gasteiger partial charge in [0.15, 0.2) is 0 Å². The van der Waals surface area contributed by atoms with Crippen LogP contribution in [0.3, 0.4) is 0 Å². The number of hydrogen-bond donors (Lipinski definition) is 3. The van der Waals surface area contributed by atoms with Crippen LogP contribution >= 0.6 is 0 Å². The number of aliphatic imine (C=N–C) groups is 1. The molecule has 1 fully saturated rings. The summed E-state index contributed by atoms with van der Waals surface area (Å²) in [6, 6.07) is 3.45. The van der Waals surface area contributed by atoms with Crippen molar-refractivity contribution in [2.45, 2.75) is 83.0 Å². The Morgan fingerprint density at radius 1 is 1.22 bits per heavy atom. The summed E-state index contributed by atoms with van der Waals surface area (Å²) in [5, 5.41) is 30.7. The zero-order valence-corrected chi connectivity index (χ0v) is 16.2. The van der Waals surface area contributed by atoms with Crippen LogP contribution in [0.1, 0.15) is 64.7 Å². The minimum absolute atomic E-state index is 0.00359. The average molecular weight is 379 g/mol. The predicted molar refractivity (Wildman–Crippen MR) is 104 cm³/mol. The molecule has 0 bridgehead atoms. The quantitative estimate of drug-likeness (QED) is 0.381. The molecule has 1 saturated carbocycles. The number of aliphatic hydroxyl groups is 3. The van der Waals surface area contributed by atoms with E-state index in [9.17, 15) is 20.1 Å². The first-order chi connectivity index (χ1) is 13.0. The fraction of sp³-hybridized carbons (Fsp3) is 0.714. The number of rotatable bonds is 12. The lowest BCUT2D eigenvalue weighted by molar-refractivity contribution is -0.117. The van der Waals surface area contributed by atoms with Crippen LogP contribution in [0.25, 0.3) is 0 Å². The molecular weight excluding hydrogens is 346 g/mol. The number of nitrogens with zero attached hydrogens (tertiary/aromatic N) is 1. The van der Waals surface area contributed by atoms with Gasteiger partial charge in [0, 0.05) is 18.7 Å². The van der Waals surface area contributed by atoms with Crippen LogP contribution in [-0.2, 0) is 4.79 Å². The van der Waals surface area contributed by atoms with E-state index in [4.69, 9.17) is 4.42 Å². The third kappa shape index (κ3) is 7.56. The Balaban J connectivity index is 1.72. The van der Waals surface area contributed by atoms with E-state index in [2.05, 4.69) is 4.99 Å². The van der Waals surface area contributed by atoms with Crippen LogP contribution in [0, 0.1) is 11.8 Å². The van der Waals surface area contributed by atoms with Crippen molar-refractivity contribution < 1.29 is 24.5 Å².